The number of nitrogens with zero attached hydrogens (tertiary/aromatic N) is 3. The van der Waals surface area contributed by atoms with Crippen LogP contribution in [0.5, 0.6) is 0 Å². The molecule has 1 heterocycles. The molecule has 1 N–H and O–H groups in total. The van der Waals surface area contributed by atoms with E-state index >= 15 is 0 Å². The molecule has 0 atom stereocenters. The van der Waals surface area contributed by atoms with E-state index in [0.717, 1.165) is 36.5 Å². The van der Waals surface area contributed by atoms with Gasteiger partial charge in [-0.05, 0) is 30.3 Å². The number of halogens is 1. The van der Waals surface area contributed by atoms with Gasteiger partial charge in [0.25, 0.3) is 11.6 Å². The Labute approximate surface area is 210 Å². The highest BCUT2D eigenvalue weighted by atomic mass is 35.5. The molecule has 0 aliphatic heterocycles. The standard InChI is InChI=1S/C20H19ClN4O7S3/c1-3-24(4-2)35(31,32)15-9-10-17(21)16(11-15)19(26)23-20-22-12-18(33-20)34(29,30)14-7-5-13(6-8-14)25(27)28/h5-12H,3-4H2,1-2H3,(H,22,23,26). The zero-order valence-electron chi connectivity index (χ0n) is 18.3. The van der Waals surface area contributed by atoms with E-state index in [1.807, 2.05) is 0 Å². The molecular weight excluding hydrogens is 540 g/mol. The van der Waals surface area contributed by atoms with Crippen LogP contribution in [0.25, 0.3) is 0 Å². The summed E-state index contributed by atoms with van der Waals surface area (Å²) >= 11 is 6.78. The molecule has 0 bridgehead atoms. The zero-order chi connectivity index (χ0) is 26.0. The third-order valence-corrected chi connectivity index (χ3v) is 10.4. The Balaban J connectivity index is 1.86. The summed E-state index contributed by atoms with van der Waals surface area (Å²) in [7, 11) is -7.88. The summed E-state index contributed by atoms with van der Waals surface area (Å²) in [6.45, 7) is 3.87. The lowest BCUT2D eigenvalue weighted by atomic mass is 10.2. The fourth-order valence-electron chi connectivity index (χ4n) is 3.02. The maximum atomic E-state index is 12.8. The molecule has 2 aromatic carbocycles. The number of anilines is 1. The molecule has 35 heavy (non-hydrogen) atoms. The summed E-state index contributed by atoms with van der Waals surface area (Å²) in [4.78, 5) is 26.5. The summed E-state index contributed by atoms with van der Waals surface area (Å²) in [6, 6.07) is 8.08. The number of hydrogen-bond acceptors (Lipinski definition) is 9. The van der Waals surface area contributed by atoms with Crippen molar-refractivity contribution in [3.63, 3.8) is 0 Å². The third kappa shape index (κ3) is 5.51. The molecule has 15 heteroatoms. The molecule has 0 aliphatic carbocycles. The van der Waals surface area contributed by atoms with E-state index in [9.17, 15) is 31.7 Å². The van der Waals surface area contributed by atoms with Crippen LogP contribution < -0.4 is 5.32 Å². The molecule has 0 fully saturated rings. The number of thiazole rings is 1. The lowest BCUT2D eigenvalue weighted by Crippen LogP contribution is -2.30. The average Bonchev–Trinajstić information content (AvgIpc) is 3.29. The van der Waals surface area contributed by atoms with Gasteiger partial charge in [0.2, 0.25) is 19.9 Å². The minimum atomic E-state index is -4.04. The van der Waals surface area contributed by atoms with Gasteiger partial charge in [-0.15, -0.1) is 0 Å². The Hall–Kier alpha value is -2.91. The number of sulfonamides is 1. The number of nitrogens with one attached hydrogen (secondary N) is 1. The molecular formula is C20H19ClN4O7S3. The van der Waals surface area contributed by atoms with Gasteiger partial charge in [-0.3, -0.25) is 20.2 Å². The number of rotatable bonds is 9. The summed E-state index contributed by atoms with van der Waals surface area (Å²) < 4.78 is 52.2. The number of carbonyl (C=O) groups is 1. The summed E-state index contributed by atoms with van der Waals surface area (Å²) in [5.41, 5.74) is -0.391. The first-order chi connectivity index (χ1) is 16.4. The number of amides is 1. The van der Waals surface area contributed by atoms with Crippen molar-refractivity contribution in [2.45, 2.75) is 27.8 Å². The van der Waals surface area contributed by atoms with Crippen molar-refractivity contribution in [2.75, 3.05) is 18.4 Å². The van der Waals surface area contributed by atoms with Gasteiger partial charge in [-0.1, -0.05) is 36.8 Å². The largest absolute Gasteiger partial charge is 0.298 e. The second kappa shape index (κ2) is 10.4. The topological polar surface area (TPSA) is 157 Å². The van der Waals surface area contributed by atoms with Crippen LogP contribution in [0.15, 0.2) is 62.7 Å². The summed E-state index contributed by atoms with van der Waals surface area (Å²) in [6.07, 6.45) is 1.04. The van der Waals surface area contributed by atoms with Crippen molar-refractivity contribution >= 4 is 59.5 Å². The lowest BCUT2D eigenvalue weighted by Gasteiger charge is -2.19. The molecule has 3 aromatic rings. The number of nitro benzene ring substituents is 1. The maximum Gasteiger partial charge on any atom is 0.269 e. The molecule has 0 saturated heterocycles. The molecule has 0 spiro atoms. The quantitative estimate of drug-likeness (QED) is 0.307. The molecule has 186 valence electrons. The van der Waals surface area contributed by atoms with E-state index in [1.54, 1.807) is 13.8 Å². The molecule has 0 radical (unpaired) electrons. The van der Waals surface area contributed by atoms with Crippen molar-refractivity contribution in [1.29, 1.82) is 0 Å². The smallest absolute Gasteiger partial charge is 0.269 e. The van der Waals surface area contributed by atoms with Gasteiger partial charge >= 0.3 is 0 Å². The van der Waals surface area contributed by atoms with Gasteiger partial charge < -0.3 is 0 Å². The fourth-order valence-corrected chi connectivity index (χ4v) is 7.14. The molecule has 0 saturated carbocycles. The highest BCUT2D eigenvalue weighted by Crippen LogP contribution is 2.30. The van der Waals surface area contributed by atoms with Crippen LogP contribution in [0.3, 0.4) is 0 Å². The van der Waals surface area contributed by atoms with Gasteiger partial charge in [-0.25, -0.2) is 21.8 Å². The first-order valence-electron chi connectivity index (χ1n) is 9.98. The van der Waals surface area contributed by atoms with Crippen LogP contribution in [0.2, 0.25) is 5.02 Å². The van der Waals surface area contributed by atoms with Crippen LogP contribution in [0.1, 0.15) is 24.2 Å². The number of sulfone groups is 1. The van der Waals surface area contributed by atoms with E-state index in [-0.39, 0.29) is 48.5 Å². The van der Waals surface area contributed by atoms with E-state index < -0.39 is 30.7 Å². The minimum Gasteiger partial charge on any atom is -0.298 e. The maximum absolute atomic E-state index is 12.8. The van der Waals surface area contributed by atoms with Crippen LogP contribution >= 0.6 is 22.9 Å². The minimum absolute atomic E-state index is 0.00345. The van der Waals surface area contributed by atoms with E-state index in [4.69, 9.17) is 11.6 Å². The second-order valence-corrected chi connectivity index (χ2v) is 12.5. The highest BCUT2D eigenvalue weighted by molar-refractivity contribution is 7.93. The summed E-state index contributed by atoms with van der Waals surface area (Å²) in [5.74, 6) is -0.778. The van der Waals surface area contributed by atoms with Crippen molar-refractivity contribution in [2.24, 2.45) is 0 Å². The lowest BCUT2D eigenvalue weighted by molar-refractivity contribution is -0.384. The number of non-ortho nitro benzene ring substituents is 1. The predicted octanol–water partition coefficient (Wildman–Crippen LogP) is 3.82. The molecule has 1 aromatic heterocycles. The van der Waals surface area contributed by atoms with E-state index in [2.05, 4.69) is 10.3 Å². The van der Waals surface area contributed by atoms with Crippen molar-refractivity contribution < 1.29 is 26.6 Å². The van der Waals surface area contributed by atoms with Crippen LogP contribution in [-0.2, 0) is 19.9 Å². The zero-order valence-corrected chi connectivity index (χ0v) is 21.5. The number of nitro groups is 1. The molecule has 3 rings (SSSR count). The average molecular weight is 559 g/mol. The third-order valence-electron chi connectivity index (χ3n) is 4.85. The van der Waals surface area contributed by atoms with E-state index in [0.29, 0.717) is 11.3 Å². The van der Waals surface area contributed by atoms with Gasteiger partial charge in [0.15, 0.2) is 5.13 Å². The Kier molecular flexibility index (Phi) is 7.91. The Morgan fingerprint density at radius 1 is 1.09 bits per heavy atom. The van der Waals surface area contributed by atoms with Gasteiger partial charge in [0.05, 0.1) is 31.5 Å². The Morgan fingerprint density at radius 3 is 2.26 bits per heavy atom. The Bertz CT molecular complexity index is 1480. The number of hydrogen-bond donors (Lipinski definition) is 1. The molecule has 0 aliphatic rings. The Morgan fingerprint density at radius 2 is 1.69 bits per heavy atom. The van der Waals surface area contributed by atoms with Gasteiger partial charge in [0, 0.05) is 25.2 Å². The number of carbonyl (C=O) groups excluding carboxylic acids is 1. The van der Waals surface area contributed by atoms with Crippen molar-refractivity contribution in [3.05, 3.63) is 69.4 Å². The van der Waals surface area contributed by atoms with Gasteiger partial charge in [0.1, 0.15) is 4.21 Å². The van der Waals surface area contributed by atoms with Crippen LogP contribution in [-0.4, -0.2) is 50.0 Å². The van der Waals surface area contributed by atoms with Crippen molar-refractivity contribution in [1.82, 2.24) is 9.29 Å². The molecule has 0 unspecified atom stereocenters. The molecule has 11 nitrogen and oxygen atoms in total. The van der Waals surface area contributed by atoms with E-state index in [1.165, 1.54) is 16.4 Å². The first kappa shape index (κ1) is 26.7. The SMILES string of the molecule is CCN(CC)S(=O)(=O)c1ccc(Cl)c(C(=O)Nc2ncc(S(=O)(=O)c3ccc([N+](=O)[O-])cc3)s2)c1. The monoisotopic (exact) mass is 558 g/mol. The normalized spacial score (nSPS) is 12.0. The van der Waals surface area contributed by atoms with Crippen LogP contribution in [0, 0.1) is 10.1 Å². The summed E-state index contributed by atoms with van der Waals surface area (Å²) in [5, 5.41) is 13.1. The van der Waals surface area contributed by atoms with Crippen molar-refractivity contribution in [3.8, 4) is 0 Å². The molecule has 1 amide bonds. The van der Waals surface area contributed by atoms with Crippen LogP contribution in [0.4, 0.5) is 10.8 Å². The number of benzene rings is 2. The highest BCUT2D eigenvalue weighted by Gasteiger charge is 2.25. The number of aromatic nitrogens is 1. The predicted molar refractivity (Wildman–Crippen MR) is 130 cm³/mol. The fraction of sp³-hybridized carbons (Fsp3) is 0.200. The second-order valence-electron chi connectivity index (χ2n) is 6.92. The first-order valence-corrected chi connectivity index (χ1v) is 14.1. The van der Waals surface area contributed by atoms with Gasteiger partial charge in [-0.2, -0.15) is 4.31 Å².